The molecular formula is C23H20ClF3N8O3. The maximum absolute atomic E-state index is 13.1. The highest BCUT2D eigenvalue weighted by atomic mass is 35.5. The Morgan fingerprint density at radius 2 is 1.89 bits per heavy atom. The molecule has 0 radical (unpaired) electrons. The van der Waals surface area contributed by atoms with Crippen molar-refractivity contribution in [3.05, 3.63) is 70.3 Å². The molecule has 0 spiro atoms. The summed E-state index contributed by atoms with van der Waals surface area (Å²) in [4.78, 5) is 33.6. The van der Waals surface area contributed by atoms with E-state index in [0.717, 1.165) is 22.1 Å². The fourth-order valence-corrected chi connectivity index (χ4v) is 3.79. The highest BCUT2D eigenvalue weighted by Gasteiger charge is 2.39. The molecule has 1 unspecified atom stereocenters. The molecule has 15 heteroatoms. The fraction of sp³-hybridized carbons (Fsp3) is 0.304. The van der Waals surface area contributed by atoms with Crippen LogP contribution in [0, 0.1) is 5.92 Å². The standard InChI is InChI=1S/C23H20ClF3N8O3/c24-15-7-5-13(6-8-15)20-32-34(22(38)33(20)10-17(36)23(25,26)27)11-18-29-12-35(31-18)16-2-1-9-28-19(16)30-21(37)14-3-4-14/h1-2,5-9,12,14,17,36H,3-4,10-11H2,(H,28,30,37). The lowest BCUT2D eigenvalue weighted by atomic mass is 10.2. The topological polar surface area (TPSA) is 133 Å². The van der Waals surface area contributed by atoms with Crippen molar-refractivity contribution in [2.24, 2.45) is 5.92 Å². The number of hydrogen-bond donors (Lipinski definition) is 2. The lowest BCUT2D eigenvalue weighted by molar-refractivity contribution is -0.207. The number of aromatic nitrogens is 7. The van der Waals surface area contributed by atoms with E-state index in [1.165, 1.54) is 41.5 Å². The first-order valence-corrected chi connectivity index (χ1v) is 11.8. The molecule has 4 aromatic rings. The first-order valence-electron chi connectivity index (χ1n) is 11.5. The van der Waals surface area contributed by atoms with Crippen LogP contribution in [0.1, 0.15) is 18.7 Å². The fourth-order valence-electron chi connectivity index (χ4n) is 3.66. The third-order valence-corrected chi connectivity index (χ3v) is 6.06. The number of rotatable bonds is 8. The number of nitrogens with one attached hydrogen (secondary N) is 1. The van der Waals surface area contributed by atoms with E-state index in [0.29, 0.717) is 16.3 Å². The van der Waals surface area contributed by atoms with Gasteiger partial charge in [0.05, 0.1) is 6.54 Å². The number of aliphatic hydroxyl groups excluding tert-OH is 1. The monoisotopic (exact) mass is 548 g/mol. The van der Waals surface area contributed by atoms with Gasteiger partial charge in [-0.25, -0.2) is 24.1 Å². The number of hydrogen-bond acceptors (Lipinski definition) is 7. The molecule has 1 aromatic carbocycles. The second kappa shape index (κ2) is 10.0. The van der Waals surface area contributed by atoms with Crippen molar-refractivity contribution in [2.45, 2.75) is 38.2 Å². The van der Waals surface area contributed by atoms with Gasteiger partial charge in [0.1, 0.15) is 18.6 Å². The summed E-state index contributed by atoms with van der Waals surface area (Å²) in [6.07, 6.45) is -3.20. The SMILES string of the molecule is O=C(Nc1ncccc1-n1cnc(Cn2nc(-c3ccc(Cl)cc3)n(CC(O)C(F)(F)F)c2=O)n1)C1CC1. The maximum atomic E-state index is 13.1. The van der Waals surface area contributed by atoms with Gasteiger partial charge >= 0.3 is 11.9 Å². The summed E-state index contributed by atoms with van der Waals surface area (Å²) in [7, 11) is 0. The Morgan fingerprint density at radius 1 is 1.16 bits per heavy atom. The second-order valence-corrected chi connectivity index (χ2v) is 9.12. The van der Waals surface area contributed by atoms with E-state index in [9.17, 15) is 27.9 Å². The molecule has 198 valence electrons. The number of carbonyl (C=O) groups is 1. The molecule has 1 aliphatic carbocycles. The molecule has 11 nitrogen and oxygen atoms in total. The van der Waals surface area contributed by atoms with Crippen LogP contribution in [-0.2, 0) is 17.9 Å². The summed E-state index contributed by atoms with van der Waals surface area (Å²) < 4.78 is 42.2. The molecule has 0 saturated heterocycles. The van der Waals surface area contributed by atoms with E-state index < -0.39 is 24.5 Å². The Morgan fingerprint density at radius 3 is 2.58 bits per heavy atom. The van der Waals surface area contributed by atoms with Gasteiger partial charge in [-0.3, -0.25) is 9.36 Å². The summed E-state index contributed by atoms with van der Waals surface area (Å²) in [6.45, 7) is -1.33. The third-order valence-electron chi connectivity index (χ3n) is 5.81. The Bertz CT molecular complexity index is 1530. The van der Waals surface area contributed by atoms with Crippen molar-refractivity contribution in [1.82, 2.24) is 34.1 Å². The predicted octanol–water partition coefficient (Wildman–Crippen LogP) is 2.66. The van der Waals surface area contributed by atoms with Crippen molar-refractivity contribution in [2.75, 3.05) is 5.32 Å². The van der Waals surface area contributed by atoms with Crippen molar-refractivity contribution in [3.63, 3.8) is 0 Å². The van der Waals surface area contributed by atoms with Crippen LogP contribution in [0.4, 0.5) is 19.0 Å². The van der Waals surface area contributed by atoms with E-state index in [4.69, 9.17) is 11.6 Å². The molecule has 3 aromatic heterocycles. The third kappa shape index (κ3) is 5.45. The van der Waals surface area contributed by atoms with Crippen LogP contribution >= 0.6 is 11.6 Å². The van der Waals surface area contributed by atoms with Crippen LogP contribution in [0.25, 0.3) is 17.1 Å². The first kappa shape index (κ1) is 25.6. The van der Waals surface area contributed by atoms with E-state index in [1.54, 1.807) is 12.1 Å². The Kier molecular flexibility index (Phi) is 6.75. The second-order valence-electron chi connectivity index (χ2n) is 8.68. The zero-order chi connectivity index (χ0) is 27.0. The smallest absolute Gasteiger partial charge is 0.382 e. The van der Waals surface area contributed by atoms with Crippen LogP contribution in [0.15, 0.2) is 53.7 Å². The molecule has 1 aliphatic rings. The number of pyridine rings is 1. The largest absolute Gasteiger partial charge is 0.416 e. The molecule has 1 saturated carbocycles. The molecule has 2 N–H and O–H groups in total. The van der Waals surface area contributed by atoms with Gasteiger partial charge < -0.3 is 10.4 Å². The first-order chi connectivity index (χ1) is 18.1. The minimum absolute atomic E-state index is 0.0381. The van der Waals surface area contributed by atoms with Crippen molar-refractivity contribution in [3.8, 4) is 17.1 Å². The van der Waals surface area contributed by atoms with Crippen molar-refractivity contribution < 1.29 is 23.1 Å². The Balaban J connectivity index is 1.45. The minimum Gasteiger partial charge on any atom is -0.382 e. The van der Waals surface area contributed by atoms with Gasteiger partial charge in [-0.05, 0) is 49.2 Å². The average Bonchev–Trinajstić information content (AvgIpc) is 3.57. The van der Waals surface area contributed by atoms with Crippen molar-refractivity contribution >= 4 is 23.3 Å². The molecule has 5 rings (SSSR count). The number of halogens is 4. The van der Waals surface area contributed by atoms with Crippen LogP contribution in [0.5, 0.6) is 0 Å². The normalized spacial score (nSPS) is 14.4. The van der Waals surface area contributed by atoms with Gasteiger partial charge in [0, 0.05) is 22.7 Å². The lowest BCUT2D eigenvalue weighted by Gasteiger charge is -2.15. The molecule has 1 amide bonds. The molecule has 38 heavy (non-hydrogen) atoms. The zero-order valence-electron chi connectivity index (χ0n) is 19.5. The number of alkyl halides is 3. The summed E-state index contributed by atoms with van der Waals surface area (Å²) in [5, 5.41) is 21.3. The van der Waals surface area contributed by atoms with Crippen LogP contribution in [0.2, 0.25) is 5.02 Å². The van der Waals surface area contributed by atoms with E-state index in [-0.39, 0.29) is 35.8 Å². The van der Waals surface area contributed by atoms with Gasteiger partial charge in [0.2, 0.25) is 5.91 Å². The number of aliphatic hydroxyl groups is 1. The number of nitrogens with zero attached hydrogens (tertiary/aromatic N) is 7. The van der Waals surface area contributed by atoms with E-state index in [2.05, 4.69) is 25.5 Å². The van der Waals surface area contributed by atoms with Gasteiger partial charge in [-0.15, -0.1) is 10.2 Å². The molecule has 0 bridgehead atoms. The van der Waals surface area contributed by atoms with Gasteiger partial charge in [-0.2, -0.15) is 13.2 Å². The molecule has 1 fully saturated rings. The van der Waals surface area contributed by atoms with Crippen molar-refractivity contribution in [1.29, 1.82) is 0 Å². The van der Waals surface area contributed by atoms with Gasteiger partial charge in [0.15, 0.2) is 23.6 Å². The Hall–Kier alpha value is -4.04. The van der Waals surface area contributed by atoms with E-state index in [1.807, 2.05) is 0 Å². The number of amides is 1. The highest BCUT2D eigenvalue weighted by molar-refractivity contribution is 6.30. The van der Waals surface area contributed by atoms with Gasteiger partial charge in [0.25, 0.3) is 0 Å². The van der Waals surface area contributed by atoms with Gasteiger partial charge in [-0.1, -0.05) is 11.6 Å². The average molecular weight is 549 g/mol. The maximum Gasteiger partial charge on any atom is 0.416 e. The summed E-state index contributed by atoms with van der Waals surface area (Å²) in [5.41, 5.74) is -0.133. The quantitative estimate of drug-likeness (QED) is 0.346. The van der Waals surface area contributed by atoms with Crippen LogP contribution in [-0.4, -0.2) is 57.4 Å². The number of anilines is 1. The van der Waals surface area contributed by atoms with Crippen LogP contribution in [0.3, 0.4) is 0 Å². The molecule has 3 heterocycles. The summed E-state index contributed by atoms with van der Waals surface area (Å²) >= 11 is 5.91. The summed E-state index contributed by atoms with van der Waals surface area (Å²) in [5.74, 6) is 0.140. The zero-order valence-corrected chi connectivity index (χ0v) is 20.3. The summed E-state index contributed by atoms with van der Waals surface area (Å²) in [6, 6.07) is 9.32. The lowest BCUT2D eigenvalue weighted by Crippen LogP contribution is -2.37. The predicted molar refractivity (Wildman–Crippen MR) is 129 cm³/mol. The number of carbonyl (C=O) groups excluding carboxylic acids is 1. The Labute approximate surface area is 217 Å². The van der Waals surface area contributed by atoms with E-state index >= 15 is 0 Å². The highest BCUT2D eigenvalue weighted by Crippen LogP contribution is 2.30. The molecule has 0 aliphatic heterocycles. The molecule has 1 atom stereocenters. The number of benzene rings is 1. The van der Waals surface area contributed by atoms with Crippen LogP contribution < -0.4 is 11.0 Å². The minimum atomic E-state index is -4.94. The molecular weight excluding hydrogens is 529 g/mol.